The number of carbonyl (C=O) groups is 1. The van der Waals surface area contributed by atoms with Gasteiger partial charge in [0.15, 0.2) is 0 Å². The summed E-state index contributed by atoms with van der Waals surface area (Å²) in [5.41, 5.74) is 4.10. The van der Waals surface area contributed by atoms with Crippen molar-refractivity contribution in [2.45, 2.75) is 46.0 Å². The van der Waals surface area contributed by atoms with E-state index in [-0.39, 0.29) is 17.8 Å². The van der Waals surface area contributed by atoms with Gasteiger partial charge in [0.05, 0.1) is 25.8 Å². The summed E-state index contributed by atoms with van der Waals surface area (Å²) in [5.74, 6) is 1.87. The molecule has 0 aliphatic rings. The molecule has 0 unspecified atom stereocenters. The van der Waals surface area contributed by atoms with Crippen LogP contribution in [0.25, 0.3) is 11.5 Å². The van der Waals surface area contributed by atoms with Gasteiger partial charge in [-0.25, -0.2) is 4.98 Å². The maximum Gasteiger partial charge on any atom is 0.309 e. The van der Waals surface area contributed by atoms with Crippen LogP contribution in [-0.4, -0.2) is 24.7 Å². The summed E-state index contributed by atoms with van der Waals surface area (Å²) in [6.45, 7) is 8.98. The first-order valence-corrected chi connectivity index (χ1v) is 10.1. The topological polar surface area (TPSA) is 61.6 Å². The van der Waals surface area contributed by atoms with Crippen molar-refractivity contribution in [3.8, 4) is 17.2 Å². The molecule has 2 aromatic carbocycles. The lowest BCUT2D eigenvalue weighted by atomic mass is 9.87. The molecule has 0 spiro atoms. The van der Waals surface area contributed by atoms with E-state index in [2.05, 4.69) is 50.0 Å². The summed E-state index contributed by atoms with van der Waals surface area (Å²) >= 11 is 0. The van der Waals surface area contributed by atoms with Crippen LogP contribution in [0.5, 0.6) is 5.75 Å². The van der Waals surface area contributed by atoms with Crippen molar-refractivity contribution in [2.24, 2.45) is 0 Å². The first kappa shape index (κ1) is 21.6. The second-order valence-corrected chi connectivity index (χ2v) is 8.35. The van der Waals surface area contributed by atoms with E-state index in [9.17, 15) is 4.79 Å². The number of oxazole rings is 1. The van der Waals surface area contributed by atoms with Crippen molar-refractivity contribution in [2.75, 3.05) is 13.7 Å². The van der Waals surface area contributed by atoms with Crippen LogP contribution in [-0.2, 0) is 27.8 Å². The van der Waals surface area contributed by atoms with E-state index in [1.165, 1.54) is 12.7 Å². The summed E-state index contributed by atoms with van der Waals surface area (Å²) in [5, 5.41) is 0. The number of aromatic nitrogens is 1. The maximum absolute atomic E-state index is 11.4. The zero-order valence-corrected chi connectivity index (χ0v) is 18.3. The Hall–Kier alpha value is -3.08. The Bertz CT molecular complexity index is 997. The fourth-order valence-electron chi connectivity index (χ4n) is 3.15. The van der Waals surface area contributed by atoms with Crippen molar-refractivity contribution in [1.82, 2.24) is 4.98 Å². The third kappa shape index (κ3) is 5.50. The summed E-state index contributed by atoms with van der Waals surface area (Å²) < 4.78 is 16.5. The molecule has 0 radical (unpaired) electrons. The van der Waals surface area contributed by atoms with E-state index < -0.39 is 0 Å². The van der Waals surface area contributed by atoms with Gasteiger partial charge in [-0.15, -0.1) is 0 Å². The number of ether oxygens (including phenoxy) is 2. The third-order valence-corrected chi connectivity index (χ3v) is 4.97. The number of rotatable bonds is 7. The van der Waals surface area contributed by atoms with Gasteiger partial charge in [0.2, 0.25) is 5.89 Å². The minimum absolute atomic E-state index is 0.113. The molecule has 0 bridgehead atoms. The molecule has 158 valence electrons. The van der Waals surface area contributed by atoms with Crippen molar-refractivity contribution in [3.05, 3.63) is 71.1 Å². The minimum Gasteiger partial charge on any atom is -0.493 e. The number of hydrogen-bond donors (Lipinski definition) is 0. The lowest BCUT2D eigenvalue weighted by Gasteiger charge is -2.18. The Morgan fingerprint density at radius 2 is 1.83 bits per heavy atom. The number of hydrogen-bond acceptors (Lipinski definition) is 5. The summed E-state index contributed by atoms with van der Waals surface area (Å²) in [6.07, 6.45) is 0.865. The van der Waals surface area contributed by atoms with E-state index in [4.69, 9.17) is 13.9 Å². The molecule has 0 aliphatic carbocycles. The van der Waals surface area contributed by atoms with Crippen LogP contribution in [0.4, 0.5) is 0 Å². The molecule has 1 aromatic heterocycles. The van der Waals surface area contributed by atoms with Crippen molar-refractivity contribution >= 4 is 5.97 Å². The van der Waals surface area contributed by atoms with E-state index in [1.807, 2.05) is 31.2 Å². The summed E-state index contributed by atoms with van der Waals surface area (Å²) in [7, 11) is 1.39. The highest BCUT2D eigenvalue weighted by molar-refractivity contribution is 5.72. The van der Waals surface area contributed by atoms with Crippen LogP contribution in [0.3, 0.4) is 0 Å². The third-order valence-electron chi connectivity index (χ3n) is 4.97. The van der Waals surface area contributed by atoms with E-state index in [1.54, 1.807) is 0 Å². The Labute approximate surface area is 178 Å². The molecule has 0 amide bonds. The van der Waals surface area contributed by atoms with Crippen LogP contribution in [0.15, 0.2) is 52.9 Å². The molecule has 3 rings (SSSR count). The summed E-state index contributed by atoms with van der Waals surface area (Å²) in [6, 6.07) is 15.8. The summed E-state index contributed by atoms with van der Waals surface area (Å²) in [4.78, 5) is 16.1. The molecule has 0 N–H and O–H groups in total. The van der Waals surface area contributed by atoms with Gasteiger partial charge >= 0.3 is 5.97 Å². The molecule has 30 heavy (non-hydrogen) atoms. The zero-order chi connectivity index (χ0) is 21.7. The van der Waals surface area contributed by atoms with Crippen molar-refractivity contribution < 1.29 is 18.7 Å². The fourth-order valence-corrected chi connectivity index (χ4v) is 3.15. The number of carbonyl (C=O) groups excluding carboxylic acids is 1. The van der Waals surface area contributed by atoms with E-state index in [0.29, 0.717) is 18.9 Å². The fraction of sp³-hybridized carbons (Fsp3) is 0.360. The predicted molar refractivity (Wildman–Crippen MR) is 117 cm³/mol. The van der Waals surface area contributed by atoms with Gasteiger partial charge in [0.25, 0.3) is 0 Å². The molecule has 5 nitrogen and oxygen atoms in total. The highest BCUT2D eigenvalue weighted by Gasteiger charge is 2.15. The zero-order valence-electron chi connectivity index (χ0n) is 18.3. The lowest BCUT2D eigenvalue weighted by molar-refractivity contribution is -0.139. The molecule has 0 aliphatic heterocycles. The molecule has 0 atom stereocenters. The number of esters is 1. The SMILES string of the molecule is COC(=O)Cc1cccc(OCCc2nc(-c3ccc(C(C)(C)C)cc3)oc2C)c1. The quantitative estimate of drug-likeness (QED) is 0.498. The Balaban J connectivity index is 1.62. The second-order valence-electron chi connectivity index (χ2n) is 8.35. The van der Waals surface area contributed by atoms with Crippen molar-refractivity contribution in [3.63, 3.8) is 0 Å². The first-order chi connectivity index (χ1) is 14.3. The van der Waals surface area contributed by atoms with Crippen LogP contribution in [0.2, 0.25) is 0 Å². The Morgan fingerprint density at radius 3 is 2.50 bits per heavy atom. The molecular formula is C25H29NO4. The number of nitrogens with zero attached hydrogens (tertiary/aromatic N) is 1. The monoisotopic (exact) mass is 407 g/mol. The molecule has 0 saturated carbocycles. The van der Waals surface area contributed by atoms with Crippen LogP contribution >= 0.6 is 0 Å². The van der Waals surface area contributed by atoms with Crippen LogP contribution < -0.4 is 4.74 Å². The highest BCUT2D eigenvalue weighted by atomic mass is 16.5. The van der Waals surface area contributed by atoms with Crippen molar-refractivity contribution in [1.29, 1.82) is 0 Å². The van der Waals surface area contributed by atoms with Crippen LogP contribution in [0.1, 0.15) is 43.4 Å². The molecule has 3 aromatic rings. The van der Waals surface area contributed by atoms with E-state index >= 15 is 0 Å². The van der Waals surface area contributed by atoms with Gasteiger partial charge in [0, 0.05) is 12.0 Å². The smallest absolute Gasteiger partial charge is 0.309 e. The minimum atomic E-state index is -0.270. The molecular weight excluding hydrogens is 378 g/mol. The normalized spacial score (nSPS) is 11.4. The molecule has 0 saturated heterocycles. The number of benzene rings is 2. The lowest BCUT2D eigenvalue weighted by Crippen LogP contribution is -2.10. The second kappa shape index (κ2) is 9.16. The average Bonchev–Trinajstić information content (AvgIpc) is 3.08. The number of methoxy groups -OCH3 is 1. The molecule has 0 fully saturated rings. The standard InChI is InChI=1S/C25H29NO4/c1-17-22(13-14-29-21-8-6-7-18(15-21)16-23(27)28-5)26-24(30-17)19-9-11-20(12-10-19)25(2,3)4/h6-12,15H,13-14,16H2,1-5H3. The maximum atomic E-state index is 11.4. The Morgan fingerprint density at radius 1 is 1.10 bits per heavy atom. The largest absolute Gasteiger partial charge is 0.493 e. The van der Waals surface area contributed by atoms with Gasteiger partial charge in [-0.2, -0.15) is 0 Å². The van der Waals surface area contributed by atoms with Gasteiger partial charge in [-0.05, 0) is 47.7 Å². The average molecular weight is 408 g/mol. The number of aryl methyl sites for hydroxylation is 1. The van der Waals surface area contributed by atoms with Crippen LogP contribution in [0, 0.1) is 6.92 Å². The highest BCUT2D eigenvalue weighted by Crippen LogP contribution is 2.27. The molecule has 5 heteroatoms. The molecule has 1 heterocycles. The van der Waals surface area contributed by atoms with Gasteiger partial charge in [0.1, 0.15) is 11.5 Å². The van der Waals surface area contributed by atoms with Gasteiger partial charge in [-0.1, -0.05) is 45.0 Å². The van der Waals surface area contributed by atoms with E-state index in [0.717, 1.165) is 28.3 Å². The van der Waals surface area contributed by atoms with Gasteiger partial charge < -0.3 is 13.9 Å². The first-order valence-electron chi connectivity index (χ1n) is 10.1. The predicted octanol–water partition coefficient (Wildman–Crippen LogP) is 5.28. The van der Waals surface area contributed by atoms with Gasteiger partial charge in [-0.3, -0.25) is 4.79 Å². The Kier molecular flexibility index (Phi) is 6.60.